The summed E-state index contributed by atoms with van der Waals surface area (Å²) in [5, 5.41) is 0. The standard InChI is InChI=1S/C13H26N2O/c1-9(2)11(4)13(16)15-7-10(3)12(8-15)5-6-14/h9-12H,5-8,14H2,1-4H3/t10-,11?,12-/m1/s1. The van der Waals surface area contributed by atoms with E-state index >= 15 is 0 Å². The number of rotatable bonds is 4. The van der Waals surface area contributed by atoms with Crippen molar-refractivity contribution < 1.29 is 4.79 Å². The van der Waals surface area contributed by atoms with Gasteiger partial charge in [-0.3, -0.25) is 4.79 Å². The highest BCUT2D eigenvalue weighted by molar-refractivity contribution is 5.79. The summed E-state index contributed by atoms with van der Waals surface area (Å²) in [6.45, 7) is 11.0. The molecule has 1 heterocycles. The molecule has 2 N–H and O–H groups in total. The molecule has 1 rings (SSSR count). The van der Waals surface area contributed by atoms with E-state index in [0.29, 0.717) is 23.7 Å². The van der Waals surface area contributed by atoms with Crippen molar-refractivity contribution in [1.82, 2.24) is 4.90 Å². The largest absolute Gasteiger partial charge is 0.342 e. The maximum absolute atomic E-state index is 12.2. The van der Waals surface area contributed by atoms with Crippen LogP contribution in [0.5, 0.6) is 0 Å². The van der Waals surface area contributed by atoms with Crippen molar-refractivity contribution in [2.45, 2.75) is 34.1 Å². The molecule has 1 unspecified atom stereocenters. The van der Waals surface area contributed by atoms with Crippen LogP contribution in [0.25, 0.3) is 0 Å². The molecule has 3 nitrogen and oxygen atoms in total. The van der Waals surface area contributed by atoms with Gasteiger partial charge in [-0.1, -0.05) is 27.7 Å². The number of carbonyl (C=O) groups is 1. The van der Waals surface area contributed by atoms with Crippen molar-refractivity contribution in [3.63, 3.8) is 0 Å². The minimum atomic E-state index is 0.142. The molecule has 0 aromatic heterocycles. The number of nitrogens with two attached hydrogens (primary N) is 1. The third-order valence-electron chi connectivity index (χ3n) is 4.01. The second-order valence-corrected chi connectivity index (χ2v) is 5.59. The van der Waals surface area contributed by atoms with Crippen molar-refractivity contribution in [1.29, 1.82) is 0 Å². The predicted octanol–water partition coefficient (Wildman–Crippen LogP) is 1.72. The Morgan fingerprint density at radius 2 is 2.00 bits per heavy atom. The van der Waals surface area contributed by atoms with Crippen molar-refractivity contribution >= 4 is 5.91 Å². The van der Waals surface area contributed by atoms with Crippen LogP contribution in [-0.2, 0) is 4.79 Å². The van der Waals surface area contributed by atoms with Gasteiger partial charge in [-0.25, -0.2) is 0 Å². The van der Waals surface area contributed by atoms with E-state index in [9.17, 15) is 4.79 Å². The number of hydrogen-bond donors (Lipinski definition) is 1. The van der Waals surface area contributed by atoms with Gasteiger partial charge in [0.15, 0.2) is 0 Å². The normalized spacial score (nSPS) is 27.5. The van der Waals surface area contributed by atoms with Crippen LogP contribution in [0.2, 0.25) is 0 Å². The molecular formula is C13H26N2O. The van der Waals surface area contributed by atoms with Crippen LogP contribution in [0.1, 0.15) is 34.1 Å². The molecule has 0 bridgehead atoms. The number of nitrogens with zero attached hydrogens (tertiary/aromatic N) is 1. The lowest BCUT2D eigenvalue weighted by Gasteiger charge is -2.23. The molecule has 0 aromatic rings. The molecule has 94 valence electrons. The second-order valence-electron chi connectivity index (χ2n) is 5.59. The van der Waals surface area contributed by atoms with Crippen LogP contribution in [0.15, 0.2) is 0 Å². The zero-order valence-electron chi connectivity index (χ0n) is 11.1. The Bertz CT molecular complexity index is 240. The number of carbonyl (C=O) groups excluding carboxylic acids is 1. The minimum absolute atomic E-state index is 0.142. The molecule has 1 aliphatic heterocycles. The zero-order valence-corrected chi connectivity index (χ0v) is 11.1. The summed E-state index contributed by atoms with van der Waals surface area (Å²) in [7, 11) is 0. The van der Waals surface area contributed by atoms with Gasteiger partial charge in [0.25, 0.3) is 0 Å². The van der Waals surface area contributed by atoms with Gasteiger partial charge < -0.3 is 10.6 Å². The SMILES string of the molecule is CC(C)C(C)C(=O)N1C[C@@H](CCN)[C@H](C)C1. The quantitative estimate of drug-likeness (QED) is 0.793. The molecular weight excluding hydrogens is 200 g/mol. The Morgan fingerprint density at radius 1 is 1.38 bits per heavy atom. The molecule has 3 atom stereocenters. The first-order valence-corrected chi connectivity index (χ1v) is 6.46. The van der Waals surface area contributed by atoms with E-state index in [4.69, 9.17) is 5.73 Å². The molecule has 0 aromatic carbocycles. The highest BCUT2D eigenvalue weighted by Gasteiger charge is 2.33. The lowest BCUT2D eigenvalue weighted by atomic mass is 9.95. The van der Waals surface area contributed by atoms with Crippen LogP contribution in [0.4, 0.5) is 0 Å². The Hall–Kier alpha value is -0.570. The van der Waals surface area contributed by atoms with E-state index < -0.39 is 0 Å². The van der Waals surface area contributed by atoms with E-state index in [1.165, 1.54) is 0 Å². The van der Waals surface area contributed by atoms with Crippen LogP contribution in [-0.4, -0.2) is 30.4 Å². The highest BCUT2D eigenvalue weighted by atomic mass is 16.2. The monoisotopic (exact) mass is 226 g/mol. The summed E-state index contributed by atoms with van der Waals surface area (Å²) in [6.07, 6.45) is 1.04. The van der Waals surface area contributed by atoms with Gasteiger partial charge in [-0.05, 0) is 30.7 Å². The first kappa shape index (κ1) is 13.5. The molecule has 3 heteroatoms. The molecule has 16 heavy (non-hydrogen) atoms. The fourth-order valence-electron chi connectivity index (χ4n) is 2.38. The van der Waals surface area contributed by atoms with Crippen molar-refractivity contribution in [3.8, 4) is 0 Å². The first-order chi connectivity index (χ1) is 7.47. The van der Waals surface area contributed by atoms with E-state index in [-0.39, 0.29) is 5.92 Å². The Labute approximate surface area is 99.4 Å². The van der Waals surface area contributed by atoms with Crippen molar-refractivity contribution in [2.75, 3.05) is 19.6 Å². The maximum Gasteiger partial charge on any atom is 0.225 e. The number of amides is 1. The van der Waals surface area contributed by atoms with Gasteiger partial charge in [0, 0.05) is 19.0 Å². The van der Waals surface area contributed by atoms with Crippen LogP contribution in [0, 0.1) is 23.7 Å². The fraction of sp³-hybridized carbons (Fsp3) is 0.923. The minimum Gasteiger partial charge on any atom is -0.342 e. The summed E-state index contributed by atoms with van der Waals surface area (Å²) >= 11 is 0. The fourth-order valence-corrected chi connectivity index (χ4v) is 2.38. The average molecular weight is 226 g/mol. The molecule has 1 fully saturated rings. The van der Waals surface area contributed by atoms with Crippen LogP contribution < -0.4 is 5.73 Å². The van der Waals surface area contributed by atoms with E-state index in [1.54, 1.807) is 0 Å². The van der Waals surface area contributed by atoms with Crippen LogP contribution >= 0.6 is 0 Å². The van der Waals surface area contributed by atoms with Gasteiger partial charge in [-0.15, -0.1) is 0 Å². The molecule has 0 saturated carbocycles. The average Bonchev–Trinajstić information content (AvgIpc) is 2.59. The summed E-state index contributed by atoms with van der Waals surface area (Å²) < 4.78 is 0. The second kappa shape index (κ2) is 5.67. The smallest absolute Gasteiger partial charge is 0.225 e. The van der Waals surface area contributed by atoms with E-state index in [0.717, 1.165) is 26.1 Å². The summed E-state index contributed by atoms with van der Waals surface area (Å²) in [6, 6.07) is 0. The Kier molecular flexibility index (Phi) is 4.78. The zero-order chi connectivity index (χ0) is 12.3. The number of hydrogen-bond acceptors (Lipinski definition) is 2. The molecule has 0 radical (unpaired) electrons. The third kappa shape index (κ3) is 2.97. The van der Waals surface area contributed by atoms with Crippen molar-refractivity contribution in [2.24, 2.45) is 29.4 Å². The van der Waals surface area contributed by atoms with Crippen LogP contribution in [0.3, 0.4) is 0 Å². The van der Waals surface area contributed by atoms with Gasteiger partial charge in [0.1, 0.15) is 0 Å². The maximum atomic E-state index is 12.2. The summed E-state index contributed by atoms with van der Waals surface area (Å²) in [4.78, 5) is 14.2. The summed E-state index contributed by atoms with van der Waals surface area (Å²) in [5.41, 5.74) is 5.60. The van der Waals surface area contributed by atoms with Crippen molar-refractivity contribution in [3.05, 3.63) is 0 Å². The van der Waals surface area contributed by atoms with Gasteiger partial charge in [-0.2, -0.15) is 0 Å². The highest BCUT2D eigenvalue weighted by Crippen LogP contribution is 2.27. The van der Waals surface area contributed by atoms with Gasteiger partial charge in [0.05, 0.1) is 0 Å². The van der Waals surface area contributed by atoms with Gasteiger partial charge in [0.2, 0.25) is 5.91 Å². The molecule has 1 amide bonds. The lowest BCUT2D eigenvalue weighted by molar-refractivity contribution is -0.135. The number of likely N-dealkylation sites (tertiary alicyclic amines) is 1. The topological polar surface area (TPSA) is 46.3 Å². The van der Waals surface area contributed by atoms with Gasteiger partial charge >= 0.3 is 0 Å². The predicted molar refractivity (Wildman–Crippen MR) is 66.9 cm³/mol. The summed E-state index contributed by atoms with van der Waals surface area (Å²) in [5.74, 6) is 2.10. The lowest BCUT2D eigenvalue weighted by Crippen LogP contribution is -2.35. The third-order valence-corrected chi connectivity index (χ3v) is 4.01. The molecule has 1 saturated heterocycles. The molecule has 1 aliphatic rings. The Morgan fingerprint density at radius 3 is 2.50 bits per heavy atom. The first-order valence-electron chi connectivity index (χ1n) is 6.46. The molecule has 0 spiro atoms. The van der Waals surface area contributed by atoms with E-state index in [1.807, 2.05) is 11.8 Å². The Balaban J connectivity index is 2.54. The molecule has 0 aliphatic carbocycles. The van der Waals surface area contributed by atoms with E-state index in [2.05, 4.69) is 20.8 Å².